The van der Waals surface area contributed by atoms with Crippen LogP contribution in [0.3, 0.4) is 0 Å². The molecule has 5 nitrogen and oxygen atoms in total. The predicted molar refractivity (Wildman–Crippen MR) is 96.4 cm³/mol. The Morgan fingerprint density at radius 2 is 2.04 bits per heavy atom. The Balaban J connectivity index is 1.67. The summed E-state index contributed by atoms with van der Waals surface area (Å²) in [6.45, 7) is 3.28. The molecule has 1 heterocycles. The van der Waals surface area contributed by atoms with E-state index in [1.165, 1.54) is 23.6 Å². The minimum atomic E-state index is -1.75. The number of nitrogens with one attached hydrogen (secondary N) is 1. The van der Waals surface area contributed by atoms with Crippen LogP contribution in [0.1, 0.15) is 30.9 Å². The molecule has 1 atom stereocenters. The van der Waals surface area contributed by atoms with Crippen molar-refractivity contribution in [1.82, 2.24) is 9.88 Å². The van der Waals surface area contributed by atoms with Gasteiger partial charge in [-0.3, -0.25) is 9.59 Å². The fraction of sp³-hybridized carbons (Fsp3) is 0.400. The van der Waals surface area contributed by atoms with Crippen molar-refractivity contribution in [3.63, 3.8) is 0 Å². The van der Waals surface area contributed by atoms with Crippen LogP contribution in [0.15, 0.2) is 47.4 Å². The molecule has 26 heavy (non-hydrogen) atoms. The number of hydrogen-bond donors (Lipinski definition) is 2. The number of carbonyl (C=O) groups excluding carboxylic acids is 1. The van der Waals surface area contributed by atoms with E-state index in [0.29, 0.717) is 5.56 Å². The van der Waals surface area contributed by atoms with Gasteiger partial charge >= 0.3 is 0 Å². The number of aromatic nitrogens is 1. The summed E-state index contributed by atoms with van der Waals surface area (Å²) in [4.78, 5) is 24.4. The number of nitrogens with zero attached hydrogens (tertiary/aromatic N) is 1. The first-order valence-corrected chi connectivity index (χ1v) is 8.66. The molecule has 1 amide bonds. The summed E-state index contributed by atoms with van der Waals surface area (Å²) in [6, 6.07) is 9.76. The van der Waals surface area contributed by atoms with Crippen molar-refractivity contribution < 1.29 is 14.3 Å². The highest BCUT2D eigenvalue weighted by molar-refractivity contribution is 5.84. The summed E-state index contributed by atoms with van der Waals surface area (Å²) in [5, 5.41) is 13.3. The SMILES string of the molecule is Cc1ccn(C[C@](C)(O)C(=O)NCC2(c3ccccc3F)CC2)c(=O)c1. The lowest BCUT2D eigenvalue weighted by Gasteiger charge is -2.25. The molecule has 138 valence electrons. The molecule has 1 aromatic heterocycles. The fourth-order valence-corrected chi connectivity index (χ4v) is 3.16. The van der Waals surface area contributed by atoms with Crippen molar-refractivity contribution in [3.05, 3.63) is 69.9 Å². The van der Waals surface area contributed by atoms with E-state index in [1.807, 2.05) is 0 Å². The van der Waals surface area contributed by atoms with Crippen molar-refractivity contribution in [2.75, 3.05) is 6.54 Å². The van der Waals surface area contributed by atoms with Crippen LogP contribution in [-0.4, -0.2) is 27.7 Å². The number of aryl methyl sites for hydroxylation is 1. The smallest absolute Gasteiger partial charge is 0.253 e. The van der Waals surface area contributed by atoms with Gasteiger partial charge in [-0.15, -0.1) is 0 Å². The number of hydrogen-bond acceptors (Lipinski definition) is 3. The second kappa shape index (κ2) is 6.68. The first-order valence-electron chi connectivity index (χ1n) is 8.66. The van der Waals surface area contributed by atoms with Crippen molar-refractivity contribution in [1.29, 1.82) is 0 Å². The Morgan fingerprint density at radius 1 is 1.35 bits per heavy atom. The predicted octanol–water partition coefficient (Wildman–Crippen LogP) is 1.89. The molecule has 1 fully saturated rings. The van der Waals surface area contributed by atoms with Crippen LogP contribution in [0, 0.1) is 12.7 Å². The molecule has 0 spiro atoms. The molecular formula is C20H23FN2O3. The molecule has 1 aliphatic carbocycles. The minimum Gasteiger partial charge on any atom is -0.378 e. The molecular weight excluding hydrogens is 335 g/mol. The number of carbonyl (C=O) groups is 1. The van der Waals surface area contributed by atoms with Gasteiger partial charge in [0.15, 0.2) is 5.60 Å². The second-order valence-electron chi connectivity index (χ2n) is 7.39. The maximum absolute atomic E-state index is 14.0. The summed E-state index contributed by atoms with van der Waals surface area (Å²) in [6.07, 6.45) is 3.13. The van der Waals surface area contributed by atoms with E-state index in [2.05, 4.69) is 5.32 Å². The first-order chi connectivity index (χ1) is 12.2. The Labute approximate surface area is 151 Å². The van der Waals surface area contributed by atoms with E-state index >= 15 is 0 Å². The molecule has 2 aromatic rings. The number of amides is 1. The summed E-state index contributed by atoms with van der Waals surface area (Å²) >= 11 is 0. The van der Waals surface area contributed by atoms with E-state index in [-0.39, 0.29) is 24.5 Å². The molecule has 1 aromatic carbocycles. The van der Waals surface area contributed by atoms with Gasteiger partial charge in [0.1, 0.15) is 5.82 Å². The summed E-state index contributed by atoms with van der Waals surface area (Å²) in [5.74, 6) is -0.857. The topological polar surface area (TPSA) is 71.3 Å². The molecule has 1 saturated carbocycles. The monoisotopic (exact) mass is 358 g/mol. The normalized spacial score (nSPS) is 17.4. The van der Waals surface area contributed by atoms with Gasteiger partial charge in [-0.05, 0) is 49.9 Å². The average molecular weight is 358 g/mol. The molecule has 6 heteroatoms. The maximum Gasteiger partial charge on any atom is 0.253 e. The third-order valence-corrected chi connectivity index (χ3v) is 5.01. The van der Waals surface area contributed by atoms with Gasteiger partial charge in [-0.2, -0.15) is 0 Å². The number of aliphatic hydroxyl groups is 1. The highest BCUT2D eigenvalue weighted by Crippen LogP contribution is 2.48. The molecule has 0 saturated heterocycles. The summed E-state index contributed by atoms with van der Waals surface area (Å²) in [7, 11) is 0. The Hall–Kier alpha value is -2.47. The Morgan fingerprint density at radius 3 is 2.65 bits per heavy atom. The van der Waals surface area contributed by atoms with Crippen LogP contribution in [0.2, 0.25) is 0 Å². The van der Waals surface area contributed by atoms with Gasteiger partial charge in [0.25, 0.3) is 11.5 Å². The van der Waals surface area contributed by atoms with Crippen LogP contribution >= 0.6 is 0 Å². The third-order valence-electron chi connectivity index (χ3n) is 5.01. The van der Waals surface area contributed by atoms with E-state index in [1.54, 1.807) is 37.4 Å². The number of pyridine rings is 1. The van der Waals surface area contributed by atoms with Gasteiger partial charge in [0.05, 0.1) is 6.54 Å². The molecule has 0 aliphatic heterocycles. The number of benzene rings is 1. The molecule has 1 aliphatic rings. The highest BCUT2D eigenvalue weighted by Gasteiger charge is 2.46. The van der Waals surface area contributed by atoms with Crippen molar-refractivity contribution in [2.24, 2.45) is 0 Å². The third kappa shape index (κ3) is 3.70. The Kier molecular flexibility index (Phi) is 4.71. The lowest BCUT2D eigenvalue weighted by molar-refractivity contribution is -0.139. The fourth-order valence-electron chi connectivity index (χ4n) is 3.16. The summed E-state index contributed by atoms with van der Waals surface area (Å²) in [5.41, 5.74) is -1.02. The highest BCUT2D eigenvalue weighted by atomic mass is 19.1. The standard InChI is InChI=1S/C20H23FN2O3/c1-14-7-10-23(17(24)11-14)13-19(2,26)18(25)22-12-20(8-9-20)15-5-3-4-6-16(15)21/h3-7,10-11,26H,8-9,12-13H2,1-2H3,(H,22,25)/t19-/m0/s1. The van der Waals surface area contributed by atoms with E-state index < -0.39 is 16.9 Å². The minimum absolute atomic E-state index is 0.148. The molecule has 0 unspecified atom stereocenters. The maximum atomic E-state index is 14.0. The van der Waals surface area contributed by atoms with Gasteiger partial charge in [0, 0.05) is 24.2 Å². The van der Waals surface area contributed by atoms with Gasteiger partial charge < -0.3 is 15.0 Å². The molecule has 3 rings (SSSR count). The van der Waals surface area contributed by atoms with Crippen molar-refractivity contribution >= 4 is 5.91 Å². The van der Waals surface area contributed by atoms with E-state index in [9.17, 15) is 19.1 Å². The second-order valence-corrected chi connectivity index (χ2v) is 7.39. The number of rotatable bonds is 6. The zero-order valence-electron chi connectivity index (χ0n) is 15.0. The van der Waals surface area contributed by atoms with Crippen LogP contribution < -0.4 is 10.9 Å². The van der Waals surface area contributed by atoms with Crippen molar-refractivity contribution in [2.45, 2.75) is 44.2 Å². The van der Waals surface area contributed by atoms with Crippen LogP contribution in [0.25, 0.3) is 0 Å². The zero-order valence-corrected chi connectivity index (χ0v) is 15.0. The average Bonchev–Trinajstić information content (AvgIpc) is 3.36. The van der Waals surface area contributed by atoms with E-state index in [4.69, 9.17) is 0 Å². The summed E-state index contributed by atoms with van der Waals surface area (Å²) < 4.78 is 15.3. The van der Waals surface area contributed by atoms with Gasteiger partial charge in [-0.1, -0.05) is 18.2 Å². The van der Waals surface area contributed by atoms with Crippen LogP contribution in [0.5, 0.6) is 0 Å². The van der Waals surface area contributed by atoms with Crippen molar-refractivity contribution in [3.8, 4) is 0 Å². The molecule has 2 N–H and O–H groups in total. The van der Waals surface area contributed by atoms with Gasteiger partial charge in [0.2, 0.25) is 0 Å². The van der Waals surface area contributed by atoms with E-state index in [0.717, 1.165) is 18.4 Å². The quantitative estimate of drug-likeness (QED) is 0.828. The first kappa shape index (κ1) is 18.3. The molecule has 0 radical (unpaired) electrons. The largest absolute Gasteiger partial charge is 0.378 e. The van der Waals surface area contributed by atoms with Crippen LogP contribution in [-0.2, 0) is 16.8 Å². The lowest BCUT2D eigenvalue weighted by atomic mass is 9.94. The molecule has 0 bridgehead atoms. The zero-order chi connectivity index (χ0) is 18.9. The lowest BCUT2D eigenvalue weighted by Crippen LogP contribution is -2.50. The van der Waals surface area contributed by atoms with Gasteiger partial charge in [-0.25, -0.2) is 4.39 Å². The number of halogens is 1. The Bertz CT molecular complexity index is 885. The van der Waals surface area contributed by atoms with Crippen LogP contribution in [0.4, 0.5) is 4.39 Å².